The largest absolute Gasteiger partial charge is 0.229 e. The molecule has 1 aliphatic carbocycles. The van der Waals surface area contributed by atoms with Crippen LogP contribution in [-0.4, -0.2) is 19.9 Å². The van der Waals surface area contributed by atoms with Gasteiger partial charge in [0, 0.05) is 17.2 Å². The van der Waals surface area contributed by atoms with Crippen LogP contribution in [0.5, 0.6) is 0 Å². The summed E-state index contributed by atoms with van der Waals surface area (Å²) in [6.07, 6.45) is 2.03. The Hall–Kier alpha value is -0.540. The van der Waals surface area contributed by atoms with Crippen LogP contribution in [0.1, 0.15) is 17.9 Å². The maximum absolute atomic E-state index is 11.2. The molecule has 0 bridgehead atoms. The van der Waals surface area contributed by atoms with Crippen molar-refractivity contribution in [3.8, 4) is 0 Å². The van der Waals surface area contributed by atoms with Gasteiger partial charge in [-0.15, -0.1) is 0 Å². The minimum absolute atomic E-state index is 0.156. The van der Waals surface area contributed by atoms with E-state index in [1.807, 2.05) is 18.2 Å². The third-order valence-electron chi connectivity index (χ3n) is 2.56. The molecular weight excluding hydrogens is 220 g/mol. The van der Waals surface area contributed by atoms with E-state index in [0.717, 1.165) is 12.0 Å². The van der Waals surface area contributed by atoms with E-state index in [1.165, 1.54) is 6.26 Å². The molecule has 76 valence electrons. The summed E-state index contributed by atoms with van der Waals surface area (Å²) < 4.78 is 22.5. The van der Waals surface area contributed by atoms with Crippen molar-refractivity contribution in [3.63, 3.8) is 0 Å². The summed E-state index contributed by atoms with van der Waals surface area (Å²) >= 11 is 5.83. The molecule has 0 saturated heterocycles. The number of benzene rings is 1. The first kappa shape index (κ1) is 9.99. The average molecular weight is 231 g/mol. The van der Waals surface area contributed by atoms with E-state index >= 15 is 0 Å². The molecule has 14 heavy (non-hydrogen) atoms. The Kier molecular flexibility index (Phi) is 2.32. The van der Waals surface area contributed by atoms with Crippen LogP contribution < -0.4 is 0 Å². The maximum Gasteiger partial charge on any atom is 0.150 e. The van der Waals surface area contributed by atoms with Crippen molar-refractivity contribution in [2.24, 2.45) is 0 Å². The molecule has 2 atom stereocenters. The van der Waals surface area contributed by atoms with Crippen molar-refractivity contribution >= 4 is 21.4 Å². The van der Waals surface area contributed by atoms with Gasteiger partial charge in [0.1, 0.15) is 0 Å². The van der Waals surface area contributed by atoms with Gasteiger partial charge in [-0.1, -0.05) is 23.7 Å². The van der Waals surface area contributed by atoms with Gasteiger partial charge in [0.15, 0.2) is 9.84 Å². The molecule has 2 nitrogen and oxygen atoms in total. The first-order valence-electron chi connectivity index (χ1n) is 4.43. The predicted octanol–water partition coefficient (Wildman–Crippen LogP) is 2.24. The van der Waals surface area contributed by atoms with Crippen LogP contribution in [0, 0.1) is 0 Å². The van der Waals surface area contributed by atoms with Crippen LogP contribution in [0.4, 0.5) is 0 Å². The highest BCUT2D eigenvalue weighted by molar-refractivity contribution is 7.91. The minimum Gasteiger partial charge on any atom is -0.229 e. The van der Waals surface area contributed by atoms with E-state index in [-0.39, 0.29) is 11.2 Å². The van der Waals surface area contributed by atoms with Crippen molar-refractivity contribution in [3.05, 3.63) is 34.9 Å². The summed E-state index contributed by atoms with van der Waals surface area (Å²) in [4.78, 5) is 0. The first-order valence-corrected chi connectivity index (χ1v) is 6.76. The highest BCUT2D eigenvalue weighted by Gasteiger charge is 2.45. The van der Waals surface area contributed by atoms with Crippen LogP contribution in [0.2, 0.25) is 5.02 Å². The standard InChI is InChI=1S/C10H11ClO2S/c1-14(12,13)10-6-9(10)7-3-2-4-8(11)5-7/h2-5,9-10H,6H2,1H3/t9-,10+/m1/s1. The molecule has 0 amide bonds. The monoisotopic (exact) mass is 230 g/mol. The second kappa shape index (κ2) is 3.24. The molecule has 0 aliphatic heterocycles. The summed E-state index contributed by atoms with van der Waals surface area (Å²) in [5, 5.41) is 0.475. The number of hydrogen-bond donors (Lipinski definition) is 0. The highest BCUT2D eigenvalue weighted by Crippen LogP contribution is 2.45. The van der Waals surface area contributed by atoms with Crippen molar-refractivity contribution in [2.75, 3.05) is 6.26 Å². The Morgan fingerprint density at radius 2 is 2.14 bits per heavy atom. The lowest BCUT2D eigenvalue weighted by Gasteiger charge is -1.99. The van der Waals surface area contributed by atoms with Gasteiger partial charge in [-0.2, -0.15) is 0 Å². The van der Waals surface area contributed by atoms with Crippen LogP contribution >= 0.6 is 11.6 Å². The highest BCUT2D eigenvalue weighted by atomic mass is 35.5. The lowest BCUT2D eigenvalue weighted by Crippen LogP contribution is -2.04. The Labute approximate surface area is 88.8 Å². The molecule has 2 rings (SSSR count). The SMILES string of the molecule is CS(=O)(=O)[C@H]1C[C@@H]1c1cccc(Cl)c1. The third-order valence-corrected chi connectivity index (χ3v) is 4.41. The van der Waals surface area contributed by atoms with Gasteiger partial charge in [0.2, 0.25) is 0 Å². The normalized spacial score (nSPS) is 26.1. The molecule has 0 spiro atoms. The van der Waals surface area contributed by atoms with Crippen LogP contribution in [0.15, 0.2) is 24.3 Å². The van der Waals surface area contributed by atoms with E-state index in [9.17, 15) is 8.42 Å². The molecule has 1 aromatic carbocycles. The van der Waals surface area contributed by atoms with E-state index in [1.54, 1.807) is 6.07 Å². The van der Waals surface area contributed by atoms with E-state index in [0.29, 0.717) is 5.02 Å². The maximum atomic E-state index is 11.2. The molecule has 1 fully saturated rings. The van der Waals surface area contributed by atoms with Gasteiger partial charge in [-0.25, -0.2) is 8.42 Å². The fourth-order valence-corrected chi connectivity index (χ4v) is 3.24. The summed E-state index contributed by atoms with van der Waals surface area (Å²) in [7, 11) is -2.88. The predicted molar refractivity (Wildman–Crippen MR) is 57.4 cm³/mol. The van der Waals surface area contributed by atoms with Crippen LogP contribution in [-0.2, 0) is 9.84 Å². The molecule has 1 aromatic rings. The van der Waals surface area contributed by atoms with Crippen molar-refractivity contribution in [1.82, 2.24) is 0 Å². The zero-order valence-corrected chi connectivity index (χ0v) is 9.35. The molecule has 0 unspecified atom stereocenters. The summed E-state index contributed by atoms with van der Waals surface area (Å²) in [5.74, 6) is 0.156. The lowest BCUT2D eigenvalue weighted by atomic mass is 10.1. The zero-order chi connectivity index (χ0) is 10.3. The Bertz CT molecular complexity index is 453. The molecule has 0 heterocycles. The van der Waals surface area contributed by atoms with Crippen LogP contribution in [0.3, 0.4) is 0 Å². The number of halogens is 1. The second-order valence-corrected chi connectivity index (χ2v) is 6.47. The molecule has 4 heteroatoms. The molecule has 0 aromatic heterocycles. The quantitative estimate of drug-likeness (QED) is 0.781. The Balaban J connectivity index is 2.22. The molecule has 1 saturated carbocycles. The Morgan fingerprint density at radius 3 is 2.64 bits per heavy atom. The van der Waals surface area contributed by atoms with E-state index in [4.69, 9.17) is 11.6 Å². The minimum atomic E-state index is -2.88. The second-order valence-electron chi connectivity index (χ2n) is 3.77. The molecule has 0 radical (unpaired) electrons. The number of rotatable bonds is 2. The third kappa shape index (κ3) is 1.93. The summed E-state index contributed by atoms with van der Waals surface area (Å²) in [6, 6.07) is 7.43. The van der Waals surface area contributed by atoms with Gasteiger partial charge in [-0.05, 0) is 24.1 Å². The molecular formula is C10H11ClO2S. The molecule has 1 aliphatic rings. The number of sulfone groups is 1. The van der Waals surface area contributed by atoms with Crippen molar-refractivity contribution < 1.29 is 8.42 Å². The smallest absolute Gasteiger partial charge is 0.150 e. The summed E-state index contributed by atoms with van der Waals surface area (Å²) in [6.45, 7) is 0. The van der Waals surface area contributed by atoms with Crippen molar-refractivity contribution in [2.45, 2.75) is 17.6 Å². The van der Waals surface area contributed by atoms with E-state index in [2.05, 4.69) is 0 Å². The van der Waals surface area contributed by atoms with Gasteiger partial charge >= 0.3 is 0 Å². The zero-order valence-electron chi connectivity index (χ0n) is 7.77. The molecule has 0 N–H and O–H groups in total. The van der Waals surface area contributed by atoms with Gasteiger partial charge in [-0.3, -0.25) is 0 Å². The topological polar surface area (TPSA) is 34.1 Å². The van der Waals surface area contributed by atoms with Crippen LogP contribution in [0.25, 0.3) is 0 Å². The Morgan fingerprint density at radius 1 is 1.43 bits per heavy atom. The van der Waals surface area contributed by atoms with Gasteiger partial charge in [0.05, 0.1) is 5.25 Å². The fourth-order valence-electron chi connectivity index (χ4n) is 1.73. The summed E-state index contributed by atoms with van der Waals surface area (Å²) in [5.41, 5.74) is 1.04. The first-order chi connectivity index (χ1) is 6.48. The van der Waals surface area contributed by atoms with Gasteiger partial charge < -0.3 is 0 Å². The van der Waals surface area contributed by atoms with E-state index < -0.39 is 9.84 Å². The average Bonchev–Trinajstić information content (AvgIpc) is 2.81. The van der Waals surface area contributed by atoms with Gasteiger partial charge in [0.25, 0.3) is 0 Å². The van der Waals surface area contributed by atoms with Crippen molar-refractivity contribution in [1.29, 1.82) is 0 Å². The fraction of sp³-hybridized carbons (Fsp3) is 0.400. The number of hydrogen-bond acceptors (Lipinski definition) is 2. The lowest BCUT2D eigenvalue weighted by molar-refractivity contribution is 0.600.